The summed E-state index contributed by atoms with van der Waals surface area (Å²) in [5, 5.41) is 2.05. The second kappa shape index (κ2) is 6.60. The number of aromatic nitrogens is 2. The molecule has 2 aliphatic heterocycles. The minimum atomic E-state index is 0.187. The molecule has 27 heavy (non-hydrogen) atoms. The van der Waals surface area contributed by atoms with Crippen LogP contribution in [-0.2, 0) is 0 Å². The fraction of sp³-hybridized carbons (Fsp3) is 0.381. The second-order valence-corrected chi connectivity index (χ2v) is 8.47. The fourth-order valence-corrected chi connectivity index (χ4v) is 5.24. The molecule has 0 spiro atoms. The summed E-state index contributed by atoms with van der Waals surface area (Å²) in [6.07, 6.45) is 4.08. The van der Waals surface area contributed by atoms with Gasteiger partial charge in [0, 0.05) is 19.6 Å². The summed E-state index contributed by atoms with van der Waals surface area (Å²) < 4.78 is 0. The van der Waals surface area contributed by atoms with Crippen LogP contribution in [0.25, 0.3) is 11.0 Å². The number of likely N-dealkylation sites (tertiary alicyclic amines) is 1. The quantitative estimate of drug-likeness (QED) is 0.682. The van der Waals surface area contributed by atoms with E-state index in [0.29, 0.717) is 5.92 Å². The van der Waals surface area contributed by atoms with E-state index in [1.54, 1.807) is 11.3 Å². The summed E-state index contributed by atoms with van der Waals surface area (Å²) in [5.41, 5.74) is 3.00. The van der Waals surface area contributed by atoms with Gasteiger partial charge in [-0.05, 0) is 54.8 Å². The number of fused-ring (bicyclic) bond motifs is 2. The van der Waals surface area contributed by atoms with Gasteiger partial charge in [-0.1, -0.05) is 12.1 Å². The predicted octanol–water partition coefficient (Wildman–Crippen LogP) is 3.74. The summed E-state index contributed by atoms with van der Waals surface area (Å²) in [6, 6.07) is 10.2. The normalized spacial score (nSPS) is 22.3. The average Bonchev–Trinajstić information content (AvgIpc) is 3.33. The Morgan fingerprint density at radius 1 is 1.19 bits per heavy atom. The largest absolute Gasteiger partial charge is 0.353 e. The van der Waals surface area contributed by atoms with E-state index in [1.807, 2.05) is 43.5 Å². The maximum atomic E-state index is 13.0. The van der Waals surface area contributed by atoms with Crippen LogP contribution in [-0.4, -0.2) is 46.5 Å². The van der Waals surface area contributed by atoms with Crippen LogP contribution < -0.4 is 4.90 Å². The van der Waals surface area contributed by atoms with E-state index in [0.717, 1.165) is 59.8 Å². The summed E-state index contributed by atoms with van der Waals surface area (Å²) in [7, 11) is 0. The Labute approximate surface area is 162 Å². The van der Waals surface area contributed by atoms with E-state index in [9.17, 15) is 4.79 Å². The minimum absolute atomic E-state index is 0.187. The number of hydrogen-bond acceptors (Lipinski definition) is 5. The highest BCUT2D eigenvalue weighted by Crippen LogP contribution is 2.34. The number of nitrogens with zero attached hydrogens (tertiary/aromatic N) is 4. The topological polar surface area (TPSA) is 49.3 Å². The monoisotopic (exact) mass is 378 g/mol. The third kappa shape index (κ3) is 2.98. The molecule has 0 radical (unpaired) electrons. The van der Waals surface area contributed by atoms with Crippen molar-refractivity contribution in [3.8, 4) is 0 Å². The molecule has 0 saturated carbocycles. The van der Waals surface area contributed by atoms with Crippen molar-refractivity contribution >= 4 is 34.1 Å². The first-order chi connectivity index (χ1) is 13.2. The zero-order chi connectivity index (χ0) is 18.4. The minimum Gasteiger partial charge on any atom is -0.353 e. The number of aryl methyl sites for hydroxylation is 1. The van der Waals surface area contributed by atoms with Crippen LogP contribution in [0.4, 0.5) is 5.82 Å². The number of carbonyl (C=O) groups excluding carboxylic acids is 1. The van der Waals surface area contributed by atoms with Crippen molar-refractivity contribution in [1.29, 1.82) is 0 Å². The number of amides is 1. The van der Waals surface area contributed by atoms with E-state index in [2.05, 4.69) is 20.2 Å². The van der Waals surface area contributed by atoms with Crippen molar-refractivity contribution in [1.82, 2.24) is 14.9 Å². The van der Waals surface area contributed by atoms with E-state index < -0.39 is 0 Å². The van der Waals surface area contributed by atoms with Gasteiger partial charge < -0.3 is 9.80 Å². The summed E-state index contributed by atoms with van der Waals surface area (Å²) in [5.74, 6) is 1.70. The van der Waals surface area contributed by atoms with Gasteiger partial charge in [0.05, 0.1) is 28.1 Å². The number of para-hydroxylation sites is 2. The van der Waals surface area contributed by atoms with Crippen molar-refractivity contribution in [3.63, 3.8) is 0 Å². The molecule has 2 fully saturated rings. The van der Waals surface area contributed by atoms with Gasteiger partial charge in [-0.25, -0.2) is 4.98 Å². The first-order valence-electron chi connectivity index (χ1n) is 9.52. The van der Waals surface area contributed by atoms with E-state index >= 15 is 0 Å². The highest BCUT2D eigenvalue weighted by molar-refractivity contribution is 7.12. The standard InChI is InChI=1S/C21H22N4OS/c1-14-10-19(27-13-14)21(26)25-9-7-15-6-8-24(12-18(15)25)20-11-22-16-4-2-3-5-17(16)23-20/h2-5,10-11,13,15,18H,6-9,12H2,1H3. The molecule has 2 aliphatic rings. The van der Waals surface area contributed by atoms with Crippen molar-refractivity contribution in [2.24, 2.45) is 5.92 Å². The molecule has 2 saturated heterocycles. The Morgan fingerprint density at radius 3 is 2.81 bits per heavy atom. The molecular weight excluding hydrogens is 356 g/mol. The highest BCUT2D eigenvalue weighted by Gasteiger charge is 2.41. The van der Waals surface area contributed by atoms with Gasteiger partial charge >= 0.3 is 0 Å². The van der Waals surface area contributed by atoms with Gasteiger partial charge in [0.25, 0.3) is 5.91 Å². The van der Waals surface area contributed by atoms with Crippen molar-refractivity contribution < 1.29 is 4.79 Å². The fourth-order valence-electron chi connectivity index (χ4n) is 4.39. The Kier molecular flexibility index (Phi) is 4.08. The third-order valence-corrected chi connectivity index (χ3v) is 6.86. The van der Waals surface area contributed by atoms with E-state index in [1.165, 1.54) is 0 Å². The molecule has 0 aliphatic carbocycles. The van der Waals surface area contributed by atoms with Crippen LogP contribution in [0, 0.1) is 12.8 Å². The molecule has 5 rings (SSSR count). The first kappa shape index (κ1) is 16.7. The number of benzene rings is 1. The van der Waals surface area contributed by atoms with Gasteiger partial charge in [-0.15, -0.1) is 11.3 Å². The lowest BCUT2D eigenvalue weighted by atomic mass is 9.92. The Morgan fingerprint density at radius 2 is 2.00 bits per heavy atom. The summed E-state index contributed by atoms with van der Waals surface area (Å²) >= 11 is 1.56. The summed E-state index contributed by atoms with van der Waals surface area (Å²) in [6.45, 7) is 4.73. The second-order valence-electron chi connectivity index (χ2n) is 7.55. The number of rotatable bonds is 2. The number of piperidine rings is 1. The maximum absolute atomic E-state index is 13.0. The predicted molar refractivity (Wildman–Crippen MR) is 108 cm³/mol. The van der Waals surface area contributed by atoms with Crippen LogP contribution in [0.2, 0.25) is 0 Å². The molecule has 0 bridgehead atoms. The number of anilines is 1. The van der Waals surface area contributed by atoms with Crippen LogP contribution in [0.5, 0.6) is 0 Å². The molecule has 1 aromatic carbocycles. The van der Waals surface area contributed by atoms with Crippen LogP contribution >= 0.6 is 11.3 Å². The number of carbonyl (C=O) groups is 1. The van der Waals surface area contributed by atoms with Crippen LogP contribution in [0.3, 0.4) is 0 Å². The zero-order valence-electron chi connectivity index (χ0n) is 15.3. The summed E-state index contributed by atoms with van der Waals surface area (Å²) in [4.78, 5) is 27.6. The maximum Gasteiger partial charge on any atom is 0.264 e. The molecule has 138 valence electrons. The van der Waals surface area contributed by atoms with Crippen molar-refractivity contribution in [2.75, 3.05) is 24.5 Å². The van der Waals surface area contributed by atoms with E-state index in [-0.39, 0.29) is 11.9 Å². The lowest BCUT2D eigenvalue weighted by Crippen LogP contribution is -2.50. The Balaban J connectivity index is 1.39. The third-order valence-electron chi connectivity index (χ3n) is 5.82. The van der Waals surface area contributed by atoms with Gasteiger partial charge in [-0.2, -0.15) is 0 Å². The molecule has 2 atom stereocenters. The van der Waals surface area contributed by atoms with Crippen molar-refractivity contribution in [3.05, 3.63) is 52.3 Å². The van der Waals surface area contributed by atoms with Crippen LogP contribution in [0.15, 0.2) is 41.9 Å². The number of thiophene rings is 1. The smallest absolute Gasteiger partial charge is 0.264 e. The van der Waals surface area contributed by atoms with Gasteiger partial charge in [0.15, 0.2) is 0 Å². The van der Waals surface area contributed by atoms with Gasteiger partial charge in [-0.3, -0.25) is 9.78 Å². The molecule has 3 aromatic rings. The first-order valence-corrected chi connectivity index (χ1v) is 10.4. The van der Waals surface area contributed by atoms with Crippen LogP contribution in [0.1, 0.15) is 28.1 Å². The molecule has 2 unspecified atom stereocenters. The SMILES string of the molecule is Cc1csc(C(=O)N2CCC3CCN(c4cnc5ccccc5n4)CC32)c1. The van der Waals surface area contributed by atoms with Gasteiger partial charge in [0.1, 0.15) is 5.82 Å². The lowest BCUT2D eigenvalue weighted by molar-refractivity contribution is 0.0717. The average molecular weight is 379 g/mol. The molecule has 5 nitrogen and oxygen atoms in total. The van der Waals surface area contributed by atoms with E-state index in [4.69, 9.17) is 4.98 Å². The molecule has 6 heteroatoms. The van der Waals surface area contributed by atoms with Crippen molar-refractivity contribution in [2.45, 2.75) is 25.8 Å². The molecule has 1 amide bonds. The molecule has 2 aromatic heterocycles. The highest BCUT2D eigenvalue weighted by atomic mass is 32.1. The Bertz CT molecular complexity index is 1000. The molecule has 4 heterocycles. The molecular formula is C21H22N4OS. The Hall–Kier alpha value is -2.47. The lowest BCUT2D eigenvalue weighted by Gasteiger charge is -2.38. The molecule has 0 N–H and O–H groups in total. The van der Waals surface area contributed by atoms with Gasteiger partial charge in [0.2, 0.25) is 0 Å². The number of hydrogen-bond donors (Lipinski definition) is 0. The zero-order valence-corrected chi connectivity index (χ0v) is 16.2.